The molecule has 1 aromatic rings. The first kappa shape index (κ1) is 12.9. The van der Waals surface area contributed by atoms with Gasteiger partial charge in [0.15, 0.2) is 0 Å². The summed E-state index contributed by atoms with van der Waals surface area (Å²) in [4.78, 5) is 6.74. The number of halogens is 3. The minimum atomic E-state index is -4.59. The number of hydrazine groups is 1. The number of nitrogens with zero attached hydrogens (tertiary/aromatic N) is 2. The van der Waals surface area contributed by atoms with E-state index >= 15 is 0 Å². The third-order valence-corrected chi connectivity index (χ3v) is 2.91. The van der Waals surface area contributed by atoms with Crippen molar-refractivity contribution in [2.24, 2.45) is 11.8 Å². The summed E-state index contributed by atoms with van der Waals surface area (Å²) in [6.45, 7) is 2.04. The molecule has 0 aliphatic heterocycles. The van der Waals surface area contributed by atoms with Crippen molar-refractivity contribution in [3.8, 4) is 0 Å². The summed E-state index contributed by atoms with van der Waals surface area (Å²) in [5.41, 5.74) is 2.11. The van der Waals surface area contributed by atoms with Gasteiger partial charge in [0.05, 0.1) is 0 Å². The van der Waals surface area contributed by atoms with Gasteiger partial charge >= 0.3 is 6.18 Å². The Morgan fingerprint density at radius 3 is 2.56 bits per heavy atom. The van der Waals surface area contributed by atoms with E-state index in [0.29, 0.717) is 5.92 Å². The van der Waals surface area contributed by atoms with E-state index in [4.69, 9.17) is 5.84 Å². The Balaban J connectivity index is 2.19. The maximum Gasteiger partial charge on any atom is 0.451 e. The molecule has 0 spiro atoms. The van der Waals surface area contributed by atoms with E-state index in [0.717, 1.165) is 12.8 Å². The number of nitrogens with one attached hydrogen (secondary N) is 2. The molecular formula is C10H14F3N5. The van der Waals surface area contributed by atoms with Gasteiger partial charge in [-0.3, -0.25) is 0 Å². The molecule has 2 atom stereocenters. The van der Waals surface area contributed by atoms with Crippen molar-refractivity contribution in [3.05, 3.63) is 11.9 Å². The van der Waals surface area contributed by atoms with Crippen molar-refractivity contribution < 1.29 is 13.2 Å². The number of nitrogens with two attached hydrogens (primary N) is 1. The quantitative estimate of drug-likeness (QED) is 0.571. The van der Waals surface area contributed by atoms with Gasteiger partial charge in [0.25, 0.3) is 0 Å². The molecule has 1 aliphatic rings. The Morgan fingerprint density at radius 1 is 1.39 bits per heavy atom. The van der Waals surface area contributed by atoms with Crippen molar-refractivity contribution >= 4 is 11.6 Å². The average molecular weight is 261 g/mol. The summed E-state index contributed by atoms with van der Waals surface area (Å²) in [6, 6.07) is 1.55. The second kappa shape index (κ2) is 4.60. The molecule has 1 fully saturated rings. The van der Waals surface area contributed by atoms with Gasteiger partial charge in [0.2, 0.25) is 5.82 Å². The van der Waals surface area contributed by atoms with Crippen molar-refractivity contribution in [3.63, 3.8) is 0 Å². The highest BCUT2D eigenvalue weighted by molar-refractivity contribution is 5.48. The summed E-state index contributed by atoms with van der Waals surface area (Å²) >= 11 is 0. The Kier molecular flexibility index (Phi) is 3.29. The van der Waals surface area contributed by atoms with Crippen LogP contribution in [-0.4, -0.2) is 16.0 Å². The SMILES string of the molecule is CCC1CC1Nc1cc(NN)nc(C(F)(F)F)n1. The monoisotopic (exact) mass is 261 g/mol. The number of hydrogen-bond acceptors (Lipinski definition) is 5. The molecule has 1 heterocycles. The van der Waals surface area contributed by atoms with Gasteiger partial charge in [0, 0.05) is 12.1 Å². The standard InChI is InChI=1S/C10H14F3N5/c1-2-5-3-6(5)15-7-4-8(18-14)17-9(16-7)10(11,12)13/h4-6H,2-3,14H2,1H3,(H2,15,16,17,18). The lowest BCUT2D eigenvalue weighted by atomic mass is 10.3. The Labute approximate surface area is 102 Å². The minimum absolute atomic E-state index is 0.0616. The third-order valence-electron chi connectivity index (χ3n) is 2.91. The van der Waals surface area contributed by atoms with Crippen LogP contribution >= 0.6 is 0 Å². The molecule has 1 saturated carbocycles. The van der Waals surface area contributed by atoms with Crippen molar-refractivity contribution in [1.29, 1.82) is 0 Å². The summed E-state index contributed by atoms with van der Waals surface area (Å²) in [7, 11) is 0. The maximum absolute atomic E-state index is 12.6. The smallest absolute Gasteiger partial charge is 0.367 e. The second-order valence-corrected chi connectivity index (χ2v) is 4.26. The van der Waals surface area contributed by atoms with Crippen LogP contribution in [0.2, 0.25) is 0 Å². The fourth-order valence-corrected chi connectivity index (χ4v) is 1.79. The van der Waals surface area contributed by atoms with E-state index in [9.17, 15) is 13.2 Å². The molecule has 18 heavy (non-hydrogen) atoms. The molecular weight excluding hydrogens is 247 g/mol. The molecule has 0 amide bonds. The van der Waals surface area contributed by atoms with E-state index in [1.54, 1.807) is 0 Å². The van der Waals surface area contributed by atoms with Crippen molar-refractivity contribution in [2.45, 2.75) is 32.0 Å². The van der Waals surface area contributed by atoms with Crippen LogP contribution in [0.1, 0.15) is 25.6 Å². The predicted octanol–water partition coefficient (Wildman–Crippen LogP) is 1.99. The van der Waals surface area contributed by atoms with E-state index in [1.807, 2.05) is 6.92 Å². The molecule has 8 heteroatoms. The fraction of sp³-hybridized carbons (Fsp3) is 0.600. The highest BCUT2D eigenvalue weighted by Gasteiger charge is 2.38. The molecule has 2 unspecified atom stereocenters. The van der Waals surface area contributed by atoms with Gasteiger partial charge in [-0.15, -0.1) is 0 Å². The number of nitrogen functional groups attached to an aromatic ring is 1. The van der Waals surface area contributed by atoms with Gasteiger partial charge in [-0.2, -0.15) is 13.2 Å². The maximum atomic E-state index is 12.6. The van der Waals surface area contributed by atoms with Crippen LogP contribution in [0.4, 0.5) is 24.8 Å². The molecule has 0 aromatic carbocycles. The Hall–Kier alpha value is -1.57. The summed E-state index contributed by atoms with van der Waals surface area (Å²) in [5, 5.41) is 2.96. The van der Waals surface area contributed by atoms with Crippen LogP contribution in [0.3, 0.4) is 0 Å². The zero-order valence-corrected chi connectivity index (χ0v) is 9.75. The molecule has 1 aliphatic carbocycles. The zero-order chi connectivity index (χ0) is 13.3. The van der Waals surface area contributed by atoms with E-state index in [-0.39, 0.29) is 17.7 Å². The molecule has 0 radical (unpaired) electrons. The van der Waals surface area contributed by atoms with Crippen molar-refractivity contribution in [1.82, 2.24) is 9.97 Å². The summed E-state index contributed by atoms with van der Waals surface area (Å²) in [5.74, 6) is 4.48. The van der Waals surface area contributed by atoms with E-state index in [1.165, 1.54) is 6.07 Å². The molecule has 0 bridgehead atoms. The number of alkyl halides is 3. The highest BCUT2D eigenvalue weighted by Crippen LogP contribution is 2.36. The third kappa shape index (κ3) is 2.81. The number of hydrogen-bond donors (Lipinski definition) is 3. The average Bonchev–Trinajstić information content (AvgIpc) is 3.06. The van der Waals surface area contributed by atoms with Gasteiger partial charge in [-0.25, -0.2) is 15.8 Å². The van der Waals surface area contributed by atoms with Crippen molar-refractivity contribution in [2.75, 3.05) is 10.7 Å². The minimum Gasteiger partial charge on any atom is -0.367 e. The van der Waals surface area contributed by atoms with Gasteiger partial charge in [0.1, 0.15) is 11.6 Å². The molecule has 0 saturated heterocycles. The molecule has 5 nitrogen and oxygen atoms in total. The van der Waals surface area contributed by atoms with Crippen LogP contribution in [0.25, 0.3) is 0 Å². The topological polar surface area (TPSA) is 75.9 Å². The largest absolute Gasteiger partial charge is 0.451 e. The number of anilines is 2. The Morgan fingerprint density at radius 2 is 2.06 bits per heavy atom. The van der Waals surface area contributed by atoms with Crippen LogP contribution in [0.5, 0.6) is 0 Å². The lowest BCUT2D eigenvalue weighted by Crippen LogP contribution is -2.18. The fourth-order valence-electron chi connectivity index (χ4n) is 1.79. The molecule has 100 valence electrons. The summed E-state index contributed by atoms with van der Waals surface area (Å²) in [6.07, 6.45) is -2.64. The van der Waals surface area contributed by atoms with Crippen LogP contribution in [0, 0.1) is 5.92 Å². The number of aromatic nitrogens is 2. The molecule has 2 rings (SSSR count). The van der Waals surface area contributed by atoms with Gasteiger partial charge < -0.3 is 10.7 Å². The first-order chi connectivity index (χ1) is 8.44. The lowest BCUT2D eigenvalue weighted by molar-refractivity contribution is -0.144. The van der Waals surface area contributed by atoms with Crippen LogP contribution in [-0.2, 0) is 6.18 Å². The highest BCUT2D eigenvalue weighted by atomic mass is 19.4. The number of rotatable bonds is 4. The lowest BCUT2D eigenvalue weighted by Gasteiger charge is -2.11. The van der Waals surface area contributed by atoms with E-state index in [2.05, 4.69) is 20.7 Å². The first-order valence-corrected chi connectivity index (χ1v) is 5.63. The second-order valence-electron chi connectivity index (χ2n) is 4.26. The zero-order valence-electron chi connectivity index (χ0n) is 9.75. The van der Waals surface area contributed by atoms with Crippen LogP contribution < -0.4 is 16.6 Å². The van der Waals surface area contributed by atoms with Crippen LogP contribution in [0.15, 0.2) is 6.07 Å². The summed E-state index contributed by atoms with van der Waals surface area (Å²) < 4.78 is 37.7. The van der Waals surface area contributed by atoms with E-state index < -0.39 is 12.0 Å². The molecule has 4 N–H and O–H groups in total. The van der Waals surface area contributed by atoms with Gasteiger partial charge in [-0.05, 0) is 12.3 Å². The molecule has 1 aromatic heterocycles. The normalized spacial score (nSPS) is 22.7. The first-order valence-electron chi connectivity index (χ1n) is 5.63. The Bertz CT molecular complexity index is 434. The predicted molar refractivity (Wildman–Crippen MR) is 60.7 cm³/mol. The van der Waals surface area contributed by atoms with Gasteiger partial charge in [-0.1, -0.05) is 13.3 Å².